The van der Waals surface area contributed by atoms with Crippen LogP contribution in [0.4, 0.5) is 0 Å². The lowest BCUT2D eigenvalue weighted by Crippen LogP contribution is -2.07. The van der Waals surface area contributed by atoms with Crippen LogP contribution in [0.1, 0.15) is 19.5 Å². The molecule has 1 aromatic heterocycles. The van der Waals surface area contributed by atoms with Gasteiger partial charge in [0.15, 0.2) is 0 Å². The predicted molar refractivity (Wildman–Crippen MR) is 87.6 cm³/mol. The summed E-state index contributed by atoms with van der Waals surface area (Å²) in [5, 5.41) is 1.50. The molecule has 2 nitrogen and oxygen atoms in total. The van der Waals surface area contributed by atoms with E-state index in [-0.39, 0.29) is 0 Å². The van der Waals surface area contributed by atoms with Gasteiger partial charge in [-0.2, -0.15) is 0 Å². The SMILES string of the molecule is C=c1ccccc(=C)c(C(/C=C\C)=C/C=C\C)ncn1. The maximum Gasteiger partial charge on any atom is 0.116 e. The summed E-state index contributed by atoms with van der Waals surface area (Å²) in [6, 6.07) is 7.55. The molecule has 20 heavy (non-hydrogen) atoms. The molecule has 1 rings (SSSR count). The molecule has 0 aliphatic carbocycles. The molecule has 1 aromatic rings. The van der Waals surface area contributed by atoms with Gasteiger partial charge in [-0.05, 0) is 25.1 Å². The number of hydrogen-bond donors (Lipinski definition) is 0. The Hall–Kier alpha value is -2.48. The number of allylic oxidation sites excluding steroid dienone is 6. The highest BCUT2D eigenvalue weighted by atomic mass is 14.8. The number of rotatable bonds is 3. The highest BCUT2D eigenvalue weighted by Crippen LogP contribution is 2.08. The average molecular weight is 264 g/mol. The van der Waals surface area contributed by atoms with Crippen molar-refractivity contribution >= 4 is 18.7 Å². The molecule has 0 radical (unpaired) electrons. The molecule has 1 heterocycles. The fraction of sp³-hybridized carbons (Fsp3) is 0.111. The van der Waals surface area contributed by atoms with Crippen molar-refractivity contribution in [1.29, 1.82) is 0 Å². The molecule has 0 amide bonds. The molecular weight excluding hydrogens is 244 g/mol. The Labute approximate surface area is 120 Å². The van der Waals surface area contributed by atoms with Gasteiger partial charge in [-0.15, -0.1) is 0 Å². The van der Waals surface area contributed by atoms with E-state index in [1.165, 1.54) is 6.33 Å². The minimum Gasteiger partial charge on any atom is -0.238 e. The molecule has 0 saturated carbocycles. The summed E-state index contributed by atoms with van der Waals surface area (Å²) in [4.78, 5) is 8.57. The van der Waals surface area contributed by atoms with Gasteiger partial charge in [-0.1, -0.05) is 61.7 Å². The van der Waals surface area contributed by atoms with Crippen molar-refractivity contribution in [2.75, 3.05) is 0 Å². The van der Waals surface area contributed by atoms with Gasteiger partial charge in [0, 0.05) is 5.57 Å². The van der Waals surface area contributed by atoms with Crippen LogP contribution in [0.15, 0.2) is 61.0 Å². The van der Waals surface area contributed by atoms with E-state index in [0.717, 1.165) is 16.5 Å². The first-order valence-corrected chi connectivity index (χ1v) is 6.48. The molecule has 0 atom stereocenters. The summed E-state index contributed by atoms with van der Waals surface area (Å²) in [5.41, 5.74) is 1.78. The second-order valence-corrected chi connectivity index (χ2v) is 4.10. The van der Waals surface area contributed by atoms with Crippen LogP contribution >= 0.6 is 0 Å². The highest BCUT2D eigenvalue weighted by Gasteiger charge is 1.97. The van der Waals surface area contributed by atoms with Gasteiger partial charge >= 0.3 is 0 Å². The first kappa shape index (κ1) is 15.6. The largest absolute Gasteiger partial charge is 0.238 e. The van der Waals surface area contributed by atoms with Crippen LogP contribution in [-0.4, -0.2) is 9.97 Å². The minimum absolute atomic E-state index is 0.662. The fourth-order valence-electron chi connectivity index (χ4n) is 1.56. The van der Waals surface area contributed by atoms with E-state index >= 15 is 0 Å². The molecule has 0 bridgehead atoms. The molecule has 0 aliphatic heterocycles. The van der Waals surface area contributed by atoms with E-state index in [0.29, 0.717) is 5.35 Å². The molecule has 0 aliphatic rings. The van der Waals surface area contributed by atoms with Crippen molar-refractivity contribution in [2.24, 2.45) is 0 Å². The molecule has 0 unspecified atom stereocenters. The van der Waals surface area contributed by atoms with Crippen molar-refractivity contribution in [3.05, 3.63) is 77.2 Å². The summed E-state index contributed by atoms with van der Waals surface area (Å²) >= 11 is 0. The van der Waals surface area contributed by atoms with Crippen LogP contribution < -0.4 is 10.6 Å². The molecule has 2 heteroatoms. The van der Waals surface area contributed by atoms with Crippen molar-refractivity contribution in [1.82, 2.24) is 9.97 Å². The van der Waals surface area contributed by atoms with Gasteiger partial charge in [0.25, 0.3) is 0 Å². The molecule has 0 aromatic carbocycles. The van der Waals surface area contributed by atoms with E-state index in [1.807, 2.05) is 68.5 Å². The zero-order valence-corrected chi connectivity index (χ0v) is 12.1. The Morgan fingerprint density at radius 2 is 1.80 bits per heavy atom. The summed E-state index contributed by atoms with van der Waals surface area (Å²) in [5.74, 6) is 0. The third-order valence-electron chi connectivity index (χ3n) is 2.50. The van der Waals surface area contributed by atoms with Crippen molar-refractivity contribution < 1.29 is 0 Å². The maximum absolute atomic E-state index is 4.41. The van der Waals surface area contributed by atoms with E-state index in [9.17, 15) is 0 Å². The monoisotopic (exact) mass is 264 g/mol. The molecular formula is C18H20N2. The molecule has 0 fully saturated rings. The number of hydrogen-bond acceptors (Lipinski definition) is 2. The van der Waals surface area contributed by atoms with Crippen LogP contribution in [0, 0.1) is 0 Å². The van der Waals surface area contributed by atoms with Crippen molar-refractivity contribution in [3.8, 4) is 0 Å². The Balaban J connectivity index is 3.60. The minimum atomic E-state index is 0.662. The lowest BCUT2D eigenvalue weighted by molar-refractivity contribution is 1.15. The van der Waals surface area contributed by atoms with Gasteiger partial charge in [0.05, 0.1) is 11.0 Å². The van der Waals surface area contributed by atoms with Gasteiger partial charge in [0.1, 0.15) is 6.33 Å². The Bertz CT molecular complexity index is 681. The number of aromatic nitrogens is 2. The van der Waals surface area contributed by atoms with Crippen LogP contribution in [0.3, 0.4) is 0 Å². The quantitative estimate of drug-likeness (QED) is 0.784. The smallest absolute Gasteiger partial charge is 0.116 e. The molecule has 0 saturated heterocycles. The third kappa shape index (κ3) is 5.02. The summed E-state index contributed by atoms with van der Waals surface area (Å²) in [6.07, 6.45) is 11.4. The third-order valence-corrected chi connectivity index (χ3v) is 2.50. The van der Waals surface area contributed by atoms with Gasteiger partial charge in [0.2, 0.25) is 0 Å². The molecule has 0 N–H and O–H groups in total. The van der Waals surface area contributed by atoms with Crippen LogP contribution in [0.2, 0.25) is 0 Å². The van der Waals surface area contributed by atoms with Gasteiger partial charge in [-0.3, -0.25) is 0 Å². The zero-order valence-electron chi connectivity index (χ0n) is 12.1. The molecule has 102 valence electrons. The topological polar surface area (TPSA) is 25.8 Å². The van der Waals surface area contributed by atoms with Crippen molar-refractivity contribution in [3.63, 3.8) is 0 Å². The summed E-state index contributed by atoms with van der Waals surface area (Å²) in [6.45, 7) is 11.8. The summed E-state index contributed by atoms with van der Waals surface area (Å²) in [7, 11) is 0. The second kappa shape index (κ2) is 8.59. The van der Waals surface area contributed by atoms with E-state index in [4.69, 9.17) is 0 Å². The van der Waals surface area contributed by atoms with Gasteiger partial charge in [-0.25, -0.2) is 9.97 Å². The zero-order chi connectivity index (χ0) is 14.8. The lowest BCUT2D eigenvalue weighted by atomic mass is 10.1. The normalized spacial score (nSPS) is 11.8. The predicted octanol–water partition coefficient (Wildman–Crippen LogP) is 2.96. The average Bonchev–Trinajstić information content (AvgIpc) is 2.44. The Kier molecular flexibility index (Phi) is 6.69. The van der Waals surface area contributed by atoms with E-state index in [1.54, 1.807) is 0 Å². The highest BCUT2D eigenvalue weighted by molar-refractivity contribution is 5.72. The van der Waals surface area contributed by atoms with Crippen molar-refractivity contribution in [2.45, 2.75) is 13.8 Å². The lowest BCUT2D eigenvalue weighted by Gasteiger charge is -1.99. The van der Waals surface area contributed by atoms with Crippen LogP contribution in [0.5, 0.6) is 0 Å². The molecule has 0 spiro atoms. The van der Waals surface area contributed by atoms with Crippen LogP contribution in [0.25, 0.3) is 18.7 Å². The first-order chi connectivity index (χ1) is 9.69. The number of nitrogens with zero attached hydrogens (tertiary/aromatic N) is 2. The maximum atomic E-state index is 4.41. The Morgan fingerprint density at radius 3 is 2.50 bits per heavy atom. The van der Waals surface area contributed by atoms with E-state index < -0.39 is 0 Å². The van der Waals surface area contributed by atoms with Gasteiger partial charge < -0.3 is 0 Å². The standard InChI is InChI=1S/C18H20N2/c1-5-7-13-17(10-6-2)18-15(3)11-8-9-12-16(4)19-14-20-18/h5-14H,3-4H2,1-2H3/b7-5-,10-6-,11-8?,12-9?,17-13+,19-14?,20-18?. The first-order valence-electron chi connectivity index (χ1n) is 6.48. The Morgan fingerprint density at radius 1 is 1.05 bits per heavy atom. The van der Waals surface area contributed by atoms with E-state index in [2.05, 4.69) is 23.1 Å². The fourth-order valence-corrected chi connectivity index (χ4v) is 1.56. The second-order valence-electron chi connectivity index (χ2n) is 4.10. The summed E-state index contributed by atoms with van der Waals surface area (Å²) < 4.78 is 0. The van der Waals surface area contributed by atoms with Crippen LogP contribution in [-0.2, 0) is 0 Å².